The number of rotatable bonds is 3. The Morgan fingerprint density at radius 3 is 2.52 bits per heavy atom. The Morgan fingerprint density at radius 1 is 1.14 bits per heavy atom. The van der Waals surface area contributed by atoms with Gasteiger partial charge in [-0.3, -0.25) is 4.99 Å². The smallest absolute Gasteiger partial charge is 0.248 e. The monoisotopic (exact) mass is 423 g/mol. The van der Waals surface area contributed by atoms with Crippen LogP contribution in [0.5, 0.6) is 0 Å². The predicted octanol–water partition coefficient (Wildman–Crippen LogP) is 2.13. The van der Waals surface area contributed by atoms with Crippen molar-refractivity contribution >= 4 is 15.9 Å². The molecular weight excluding hydrogens is 390 g/mol. The molecule has 0 amide bonds. The van der Waals surface area contributed by atoms with E-state index in [9.17, 15) is 8.42 Å². The summed E-state index contributed by atoms with van der Waals surface area (Å²) < 4.78 is 33.1. The van der Waals surface area contributed by atoms with Gasteiger partial charge in [-0.05, 0) is 52.5 Å². The van der Waals surface area contributed by atoms with Gasteiger partial charge in [0.25, 0.3) is 0 Å². The van der Waals surface area contributed by atoms with E-state index < -0.39 is 10.0 Å². The number of piperidine rings is 1. The van der Waals surface area contributed by atoms with Crippen LogP contribution in [-0.2, 0) is 10.0 Å². The van der Waals surface area contributed by atoms with Crippen molar-refractivity contribution in [2.24, 2.45) is 4.99 Å². The Kier molecular flexibility index (Phi) is 5.99. The molecule has 2 N–H and O–H groups in total. The van der Waals surface area contributed by atoms with E-state index in [4.69, 9.17) is 9.52 Å². The van der Waals surface area contributed by atoms with E-state index in [1.54, 1.807) is 18.2 Å². The minimum Gasteiger partial charge on any atom is -0.370 e. The van der Waals surface area contributed by atoms with Gasteiger partial charge in [0.15, 0.2) is 5.76 Å². The van der Waals surface area contributed by atoms with Gasteiger partial charge in [0.1, 0.15) is 16.4 Å². The second-order valence-electron chi connectivity index (χ2n) is 8.63. The molecule has 0 atom stereocenters. The first-order valence-electron chi connectivity index (χ1n) is 10.9. The molecule has 0 unspecified atom stereocenters. The average molecular weight is 424 g/mol. The third kappa shape index (κ3) is 4.09. The number of nitrogens with one attached hydrogen (secondary N) is 2. The van der Waals surface area contributed by atoms with Crippen molar-refractivity contribution in [3.63, 3.8) is 0 Å². The Bertz CT molecular complexity index is 830. The number of hydrogen-bond donors (Lipinski definition) is 2. The number of hydrogen-bond acceptors (Lipinski definition) is 7. The Morgan fingerprint density at radius 2 is 1.86 bits per heavy atom. The van der Waals surface area contributed by atoms with E-state index in [0.717, 1.165) is 25.3 Å². The Balaban J connectivity index is 1.51. The third-order valence-corrected chi connectivity index (χ3v) is 8.75. The average Bonchev–Trinajstić information content (AvgIpc) is 2.95. The van der Waals surface area contributed by atoms with Crippen molar-refractivity contribution < 1.29 is 12.9 Å². The third-order valence-electron chi connectivity index (χ3n) is 6.61. The van der Waals surface area contributed by atoms with Gasteiger partial charge < -0.3 is 15.2 Å². The zero-order valence-corrected chi connectivity index (χ0v) is 18.4. The zero-order chi connectivity index (χ0) is 20.5. The largest absolute Gasteiger partial charge is 0.370 e. The number of aryl methyl sites for hydroxylation is 2. The van der Waals surface area contributed by atoms with Crippen LogP contribution in [0, 0.1) is 13.8 Å². The lowest BCUT2D eigenvalue weighted by atomic mass is 9.85. The molecule has 162 valence electrons. The molecule has 9 heteroatoms. The first-order valence-corrected chi connectivity index (χ1v) is 12.4. The topological polar surface area (TPSA) is 99.8 Å². The molecule has 1 aliphatic carbocycles. The van der Waals surface area contributed by atoms with Gasteiger partial charge >= 0.3 is 0 Å². The Labute approximate surface area is 173 Å². The summed E-state index contributed by atoms with van der Waals surface area (Å²) in [4.78, 5) is 5.13. The molecule has 1 saturated carbocycles. The molecule has 1 saturated heterocycles. The lowest BCUT2D eigenvalue weighted by molar-refractivity contribution is 0.245. The fourth-order valence-electron chi connectivity index (χ4n) is 4.95. The standard InChI is InChI=1S/C20H33N5O3S/c1-15-18(16(2)28-24-15)29(26,27)25-13-9-20(10-14-25)19(21-11-6-12-22-20)23-17-7-4-3-5-8-17/h17,22H,3-14H2,1-2H3,(H,21,23). The highest BCUT2D eigenvalue weighted by Gasteiger charge is 2.44. The van der Waals surface area contributed by atoms with Crippen molar-refractivity contribution in [3.05, 3.63) is 11.5 Å². The van der Waals surface area contributed by atoms with Crippen molar-refractivity contribution in [2.75, 3.05) is 26.2 Å². The van der Waals surface area contributed by atoms with E-state index in [1.165, 1.54) is 32.1 Å². The molecule has 29 heavy (non-hydrogen) atoms. The number of nitrogens with zero attached hydrogens (tertiary/aromatic N) is 3. The van der Waals surface area contributed by atoms with Gasteiger partial charge in [-0.15, -0.1) is 0 Å². The number of aliphatic imine (C=N–C) groups is 1. The normalized spacial score (nSPS) is 24.3. The van der Waals surface area contributed by atoms with E-state index in [-0.39, 0.29) is 10.4 Å². The molecule has 1 aromatic heterocycles. The van der Waals surface area contributed by atoms with Crippen molar-refractivity contribution in [1.29, 1.82) is 0 Å². The van der Waals surface area contributed by atoms with Crippen molar-refractivity contribution in [3.8, 4) is 0 Å². The second-order valence-corrected chi connectivity index (χ2v) is 10.5. The Hall–Kier alpha value is -1.45. The molecule has 1 spiro atoms. The fourth-order valence-corrected chi connectivity index (χ4v) is 6.68. The first kappa shape index (κ1) is 20.8. The van der Waals surface area contributed by atoms with Crippen LogP contribution in [0.3, 0.4) is 0 Å². The highest BCUT2D eigenvalue weighted by molar-refractivity contribution is 7.89. The van der Waals surface area contributed by atoms with Gasteiger partial charge in [-0.25, -0.2) is 8.42 Å². The van der Waals surface area contributed by atoms with Crippen LogP contribution in [0.15, 0.2) is 14.4 Å². The van der Waals surface area contributed by atoms with Gasteiger partial charge in [0, 0.05) is 25.7 Å². The predicted molar refractivity (Wildman–Crippen MR) is 112 cm³/mol. The van der Waals surface area contributed by atoms with Gasteiger partial charge in [0.2, 0.25) is 10.0 Å². The summed E-state index contributed by atoms with van der Waals surface area (Å²) in [6, 6.07) is 0.489. The maximum absolute atomic E-state index is 13.2. The van der Waals surface area contributed by atoms with Crippen molar-refractivity contribution in [2.45, 2.75) is 81.7 Å². The second kappa shape index (κ2) is 8.35. The summed E-state index contributed by atoms with van der Waals surface area (Å²) >= 11 is 0. The fraction of sp³-hybridized carbons (Fsp3) is 0.800. The van der Waals surface area contributed by atoms with E-state index >= 15 is 0 Å². The SMILES string of the molecule is Cc1noc(C)c1S(=O)(=O)N1CCC2(CC1)NCCCN=C2NC1CCCCC1. The summed E-state index contributed by atoms with van der Waals surface area (Å²) in [5.74, 6) is 1.41. The summed E-state index contributed by atoms with van der Waals surface area (Å²) in [7, 11) is -3.60. The lowest BCUT2D eigenvalue weighted by Crippen LogP contribution is -2.63. The quantitative estimate of drug-likeness (QED) is 0.773. The molecule has 0 radical (unpaired) electrons. The number of sulfonamides is 1. The molecule has 1 aromatic rings. The van der Waals surface area contributed by atoms with Crippen LogP contribution in [0.4, 0.5) is 0 Å². The summed E-state index contributed by atoms with van der Waals surface area (Å²) in [5.41, 5.74) is 0.176. The highest BCUT2D eigenvalue weighted by Crippen LogP contribution is 2.31. The van der Waals surface area contributed by atoms with E-state index in [1.807, 2.05) is 0 Å². The maximum Gasteiger partial charge on any atom is 0.248 e. The van der Waals surface area contributed by atoms with Crippen LogP contribution in [0.25, 0.3) is 0 Å². The van der Waals surface area contributed by atoms with Gasteiger partial charge in [0.05, 0.1) is 5.54 Å². The summed E-state index contributed by atoms with van der Waals surface area (Å²) in [6.45, 7) is 6.00. The molecule has 2 aliphatic heterocycles. The van der Waals surface area contributed by atoms with Crippen LogP contribution in [0.2, 0.25) is 0 Å². The summed E-state index contributed by atoms with van der Waals surface area (Å²) in [5, 5.41) is 11.3. The van der Waals surface area contributed by atoms with E-state index in [2.05, 4.69) is 15.8 Å². The van der Waals surface area contributed by atoms with Gasteiger partial charge in [-0.2, -0.15) is 4.31 Å². The molecule has 0 bridgehead atoms. The molecule has 4 rings (SSSR count). The van der Waals surface area contributed by atoms with E-state index in [0.29, 0.717) is 43.4 Å². The maximum atomic E-state index is 13.2. The minimum absolute atomic E-state index is 0.219. The number of aromatic nitrogens is 1. The summed E-state index contributed by atoms with van der Waals surface area (Å²) in [6.07, 6.45) is 8.70. The zero-order valence-electron chi connectivity index (χ0n) is 17.5. The molecule has 0 aromatic carbocycles. The molecular formula is C20H33N5O3S. The van der Waals surface area contributed by atoms with Crippen molar-refractivity contribution in [1.82, 2.24) is 20.1 Å². The minimum atomic E-state index is -3.60. The number of amidine groups is 1. The molecule has 2 fully saturated rings. The molecule has 3 heterocycles. The van der Waals surface area contributed by atoms with Crippen LogP contribution < -0.4 is 10.6 Å². The van der Waals surface area contributed by atoms with Crippen LogP contribution >= 0.6 is 0 Å². The lowest BCUT2D eigenvalue weighted by Gasteiger charge is -2.43. The van der Waals surface area contributed by atoms with Crippen LogP contribution in [0.1, 0.15) is 62.8 Å². The molecule has 8 nitrogen and oxygen atoms in total. The van der Waals surface area contributed by atoms with Gasteiger partial charge in [-0.1, -0.05) is 24.4 Å². The molecule has 3 aliphatic rings. The highest BCUT2D eigenvalue weighted by atomic mass is 32.2. The van der Waals surface area contributed by atoms with Crippen LogP contribution in [-0.4, -0.2) is 61.5 Å². The first-order chi connectivity index (χ1) is 13.9.